The Morgan fingerprint density at radius 2 is 1.95 bits per heavy atom. The van der Waals surface area contributed by atoms with Gasteiger partial charge >= 0.3 is 0 Å². The molecule has 1 aliphatic heterocycles. The van der Waals surface area contributed by atoms with Crippen LogP contribution >= 0.6 is 11.8 Å². The first-order valence-corrected chi connectivity index (χ1v) is 7.91. The van der Waals surface area contributed by atoms with Crippen LogP contribution in [0.4, 0.5) is 5.69 Å². The predicted molar refractivity (Wildman–Crippen MR) is 84.5 cm³/mol. The van der Waals surface area contributed by atoms with E-state index in [2.05, 4.69) is 23.5 Å². The molecule has 5 heteroatoms. The first-order valence-electron chi connectivity index (χ1n) is 6.93. The highest BCUT2D eigenvalue weighted by Gasteiger charge is 2.21. The largest absolute Gasteiger partial charge is 0.306 e. The highest BCUT2D eigenvalue weighted by molar-refractivity contribution is 7.99. The quantitative estimate of drug-likeness (QED) is 0.687. The molecule has 1 atom stereocenters. The number of para-hydroxylation sites is 1. The average molecular weight is 300 g/mol. The van der Waals surface area contributed by atoms with E-state index in [-0.39, 0.29) is 16.7 Å². The Balaban J connectivity index is 1.76. The fourth-order valence-electron chi connectivity index (χ4n) is 2.63. The number of nitro benzene ring substituents is 1. The molecule has 1 heterocycles. The van der Waals surface area contributed by atoms with Crippen molar-refractivity contribution in [2.24, 2.45) is 0 Å². The zero-order valence-corrected chi connectivity index (χ0v) is 12.3. The second-order valence-electron chi connectivity index (χ2n) is 4.99. The normalized spacial score (nSPS) is 17.2. The van der Waals surface area contributed by atoms with Crippen LogP contribution in [-0.4, -0.2) is 10.7 Å². The number of thioether (sulfide) groups is 1. The van der Waals surface area contributed by atoms with Crippen molar-refractivity contribution < 1.29 is 4.92 Å². The van der Waals surface area contributed by atoms with Crippen molar-refractivity contribution in [1.29, 1.82) is 0 Å². The van der Waals surface area contributed by atoms with Gasteiger partial charge in [0.05, 0.1) is 4.92 Å². The summed E-state index contributed by atoms with van der Waals surface area (Å²) < 4.78 is 0. The van der Waals surface area contributed by atoms with E-state index in [1.54, 1.807) is 12.1 Å². The van der Waals surface area contributed by atoms with Gasteiger partial charge in [-0.2, -0.15) is 0 Å². The van der Waals surface area contributed by atoms with Crippen molar-refractivity contribution in [2.45, 2.75) is 23.9 Å². The second-order valence-corrected chi connectivity index (χ2v) is 6.13. The number of hydrogen-bond donors (Lipinski definition) is 1. The Labute approximate surface area is 127 Å². The molecule has 2 aromatic rings. The number of nitro groups is 1. The zero-order chi connectivity index (χ0) is 14.7. The summed E-state index contributed by atoms with van der Waals surface area (Å²) in [6, 6.07) is 15.6. The SMILES string of the molecule is O=[N+]([O-])c1ccccc1CNC1CCSc2ccccc21. The molecule has 3 rings (SSSR count). The maximum atomic E-state index is 11.0. The molecule has 0 saturated heterocycles. The van der Waals surface area contributed by atoms with Gasteiger partial charge in [0.15, 0.2) is 0 Å². The first-order chi connectivity index (χ1) is 10.3. The number of rotatable bonds is 4. The van der Waals surface area contributed by atoms with Gasteiger partial charge in [-0.1, -0.05) is 36.4 Å². The molecule has 108 valence electrons. The summed E-state index contributed by atoms with van der Waals surface area (Å²) in [4.78, 5) is 12.0. The first kappa shape index (κ1) is 14.1. The molecule has 0 aliphatic carbocycles. The minimum atomic E-state index is -0.318. The fraction of sp³-hybridized carbons (Fsp3) is 0.250. The molecule has 1 unspecified atom stereocenters. The predicted octanol–water partition coefficient (Wildman–Crippen LogP) is 3.92. The molecule has 1 N–H and O–H groups in total. The lowest BCUT2D eigenvalue weighted by atomic mass is 10.0. The van der Waals surface area contributed by atoms with Crippen LogP contribution in [-0.2, 0) is 6.54 Å². The van der Waals surface area contributed by atoms with Gasteiger partial charge in [0, 0.05) is 29.1 Å². The van der Waals surface area contributed by atoms with Crippen molar-refractivity contribution in [1.82, 2.24) is 5.32 Å². The number of benzene rings is 2. The van der Waals surface area contributed by atoms with Gasteiger partial charge in [-0.05, 0) is 23.8 Å². The molecule has 0 bridgehead atoms. The third kappa shape index (κ3) is 3.09. The number of fused-ring (bicyclic) bond motifs is 1. The van der Waals surface area contributed by atoms with Crippen LogP contribution in [0.1, 0.15) is 23.6 Å². The molecule has 0 spiro atoms. The minimum absolute atomic E-state index is 0.184. The molecule has 0 aromatic heterocycles. The van der Waals surface area contributed by atoms with Crippen molar-refractivity contribution >= 4 is 17.4 Å². The van der Waals surface area contributed by atoms with Crippen molar-refractivity contribution in [2.75, 3.05) is 5.75 Å². The van der Waals surface area contributed by atoms with Gasteiger partial charge in [-0.3, -0.25) is 10.1 Å². The van der Waals surface area contributed by atoms with E-state index < -0.39 is 0 Å². The van der Waals surface area contributed by atoms with Crippen LogP contribution in [0.15, 0.2) is 53.4 Å². The Bertz CT molecular complexity index is 660. The van der Waals surface area contributed by atoms with Crippen LogP contribution in [0, 0.1) is 10.1 Å². The van der Waals surface area contributed by atoms with Crippen LogP contribution in [0.2, 0.25) is 0 Å². The molecule has 21 heavy (non-hydrogen) atoms. The molecular weight excluding hydrogens is 284 g/mol. The molecule has 0 saturated carbocycles. The number of nitrogens with one attached hydrogen (secondary N) is 1. The molecule has 0 amide bonds. The molecular formula is C16H16N2O2S. The Kier molecular flexibility index (Phi) is 4.22. The Morgan fingerprint density at radius 1 is 1.19 bits per heavy atom. The van der Waals surface area contributed by atoms with E-state index in [1.807, 2.05) is 30.0 Å². The van der Waals surface area contributed by atoms with E-state index in [1.165, 1.54) is 10.5 Å². The fourth-order valence-corrected chi connectivity index (χ4v) is 3.75. The maximum Gasteiger partial charge on any atom is 0.273 e. The van der Waals surface area contributed by atoms with Gasteiger partial charge in [-0.25, -0.2) is 0 Å². The summed E-state index contributed by atoms with van der Waals surface area (Å²) in [6.07, 6.45) is 1.04. The molecule has 1 aliphatic rings. The summed E-state index contributed by atoms with van der Waals surface area (Å²) in [7, 11) is 0. The monoisotopic (exact) mass is 300 g/mol. The minimum Gasteiger partial charge on any atom is -0.306 e. The van der Waals surface area contributed by atoms with Crippen molar-refractivity contribution in [3.8, 4) is 0 Å². The van der Waals surface area contributed by atoms with E-state index >= 15 is 0 Å². The standard InChI is InChI=1S/C16H16N2O2S/c19-18(20)15-7-3-1-5-12(15)11-17-14-9-10-21-16-8-4-2-6-13(14)16/h1-8,14,17H,9-11H2. The smallest absolute Gasteiger partial charge is 0.273 e. The molecule has 2 aromatic carbocycles. The van der Waals surface area contributed by atoms with Crippen molar-refractivity contribution in [3.05, 3.63) is 69.8 Å². The van der Waals surface area contributed by atoms with Crippen LogP contribution < -0.4 is 5.32 Å². The molecule has 0 radical (unpaired) electrons. The van der Waals surface area contributed by atoms with E-state index in [0.29, 0.717) is 6.54 Å². The van der Waals surface area contributed by atoms with Crippen LogP contribution in [0.3, 0.4) is 0 Å². The third-order valence-corrected chi connectivity index (χ3v) is 4.81. The third-order valence-electron chi connectivity index (χ3n) is 3.69. The number of hydrogen-bond acceptors (Lipinski definition) is 4. The summed E-state index contributed by atoms with van der Waals surface area (Å²) in [5, 5.41) is 14.5. The van der Waals surface area contributed by atoms with E-state index in [0.717, 1.165) is 17.7 Å². The summed E-state index contributed by atoms with van der Waals surface area (Å²) in [5.41, 5.74) is 2.22. The second kappa shape index (κ2) is 6.28. The summed E-state index contributed by atoms with van der Waals surface area (Å²) in [6.45, 7) is 0.515. The van der Waals surface area contributed by atoms with Gasteiger partial charge in [-0.15, -0.1) is 11.8 Å². The Hall–Kier alpha value is -1.85. The van der Waals surface area contributed by atoms with E-state index in [4.69, 9.17) is 0 Å². The highest BCUT2D eigenvalue weighted by Crippen LogP contribution is 2.36. The lowest BCUT2D eigenvalue weighted by Gasteiger charge is -2.26. The van der Waals surface area contributed by atoms with Crippen molar-refractivity contribution in [3.63, 3.8) is 0 Å². The van der Waals surface area contributed by atoms with Gasteiger partial charge in [0.2, 0.25) is 0 Å². The molecule has 4 nitrogen and oxygen atoms in total. The topological polar surface area (TPSA) is 55.2 Å². The van der Waals surface area contributed by atoms with Gasteiger partial charge in [0.1, 0.15) is 0 Å². The maximum absolute atomic E-state index is 11.0. The summed E-state index contributed by atoms with van der Waals surface area (Å²) in [5.74, 6) is 1.07. The summed E-state index contributed by atoms with van der Waals surface area (Å²) >= 11 is 1.87. The lowest BCUT2D eigenvalue weighted by molar-refractivity contribution is -0.385. The van der Waals surface area contributed by atoms with Gasteiger partial charge < -0.3 is 5.32 Å². The highest BCUT2D eigenvalue weighted by atomic mass is 32.2. The zero-order valence-electron chi connectivity index (χ0n) is 11.5. The van der Waals surface area contributed by atoms with E-state index in [9.17, 15) is 10.1 Å². The van der Waals surface area contributed by atoms with Crippen LogP contribution in [0.25, 0.3) is 0 Å². The average Bonchev–Trinajstić information content (AvgIpc) is 2.53. The lowest BCUT2D eigenvalue weighted by Crippen LogP contribution is -2.24. The molecule has 0 fully saturated rings. The number of nitrogens with zero attached hydrogens (tertiary/aromatic N) is 1. The Morgan fingerprint density at radius 3 is 2.81 bits per heavy atom. The van der Waals surface area contributed by atoms with Gasteiger partial charge in [0.25, 0.3) is 5.69 Å². The van der Waals surface area contributed by atoms with Crippen LogP contribution in [0.5, 0.6) is 0 Å².